The van der Waals surface area contributed by atoms with Crippen LogP contribution in [-0.4, -0.2) is 18.0 Å². The predicted molar refractivity (Wildman–Crippen MR) is 61.6 cm³/mol. The van der Waals surface area contributed by atoms with Crippen molar-refractivity contribution >= 4 is 22.9 Å². The third kappa shape index (κ3) is 3.13. The van der Waals surface area contributed by atoms with Crippen LogP contribution in [0.2, 0.25) is 0 Å². The molecule has 0 atom stereocenters. The lowest BCUT2D eigenvalue weighted by Gasteiger charge is -2.13. The van der Waals surface area contributed by atoms with Crippen molar-refractivity contribution in [2.75, 3.05) is 11.9 Å². The second kappa shape index (κ2) is 5.02. The predicted octanol–water partition coefficient (Wildman–Crippen LogP) is 2.31. The molecule has 1 rings (SSSR count). The summed E-state index contributed by atoms with van der Waals surface area (Å²) in [6.07, 6.45) is -2.40. The summed E-state index contributed by atoms with van der Waals surface area (Å²) in [5.74, 6) is 0. The molecule has 82 valence electrons. The molecule has 0 aliphatic rings. The molecular formula is C10H12F2N2S. The van der Waals surface area contributed by atoms with Crippen LogP contribution in [0.1, 0.15) is 11.1 Å². The number of nitrogens with two attached hydrogens (primary N) is 1. The van der Waals surface area contributed by atoms with Gasteiger partial charge in [-0.3, -0.25) is 0 Å². The first kappa shape index (κ1) is 11.8. The molecule has 0 radical (unpaired) electrons. The van der Waals surface area contributed by atoms with Crippen molar-refractivity contribution in [1.82, 2.24) is 0 Å². The van der Waals surface area contributed by atoms with Gasteiger partial charge in [-0.15, -0.1) is 0 Å². The normalized spacial score (nSPS) is 10.4. The Labute approximate surface area is 92.5 Å². The van der Waals surface area contributed by atoms with E-state index in [0.717, 1.165) is 5.56 Å². The van der Waals surface area contributed by atoms with Crippen LogP contribution in [0.5, 0.6) is 0 Å². The average Bonchev–Trinajstić information content (AvgIpc) is 2.15. The van der Waals surface area contributed by atoms with Crippen molar-refractivity contribution in [2.24, 2.45) is 5.73 Å². The molecule has 0 aromatic heterocycles. The molecule has 0 heterocycles. The van der Waals surface area contributed by atoms with Gasteiger partial charge in [0.15, 0.2) is 0 Å². The molecule has 1 aromatic carbocycles. The van der Waals surface area contributed by atoms with Crippen molar-refractivity contribution in [3.63, 3.8) is 0 Å². The second-order valence-electron chi connectivity index (χ2n) is 3.13. The van der Waals surface area contributed by atoms with Crippen LogP contribution in [0.4, 0.5) is 14.5 Å². The first-order valence-electron chi connectivity index (χ1n) is 4.44. The molecule has 1 aromatic rings. The maximum Gasteiger partial charge on any atom is 0.255 e. The SMILES string of the molecule is Cc1cccc(C(N)=S)c1NCC(F)F. The van der Waals surface area contributed by atoms with E-state index in [0.29, 0.717) is 11.3 Å². The van der Waals surface area contributed by atoms with Crippen LogP contribution in [0.3, 0.4) is 0 Å². The summed E-state index contributed by atoms with van der Waals surface area (Å²) in [5.41, 5.74) is 7.53. The molecule has 0 aliphatic carbocycles. The Morgan fingerprint density at radius 1 is 1.53 bits per heavy atom. The van der Waals surface area contributed by atoms with Gasteiger partial charge >= 0.3 is 0 Å². The number of hydrogen-bond donors (Lipinski definition) is 2. The Bertz CT molecular complexity index is 366. The summed E-state index contributed by atoms with van der Waals surface area (Å²) in [6.45, 7) is 1.41. The van der Waals surface area contributed by atoms with E-state index in [4.69, 9.17) is 18.0 Å². The van der Waals surface area contributed by atoms with E-state index in [-0.39, 0.29) is 4.99 Å². The summed E-state index contributed by atoms with van der Waals surface area (Å²) in [6, 6.07) is 5.32. The Morgan fingerprint density at radius 2 is 2.20 bits per heavy atom. The number of para-hydroxylation sites is 1. The van der Waals surface area contributed by atoms with E-state index < -0.39 is 13.0 Å². The van der Waals surface area contributed by atoms with Gasteiger partial charge in [0.2, 0.25) is 0 Å². The van der Waals surface area contributed by atoms with Crippen molar-refractivity contribution in [3.05, 3.63) is 29.3 Å². The summed E-state index contributed by atoms with van der Waals surface area (Å²) in [5, 5.41) is 2.64. The maximum absolute atomic E-state index is 12.1. The molecule has 0 saturated heterocycles. The van der Waals surface area contributed by atoms with Gasteiger partial charge in [0, 0.05) is 11.3 Å². The number of nitrogens with one attached hydrogen (secondary N) is 1. The lowest BCUT2D eigenvalue weighted by atomic mass is 10.1. The standard InChI is InChI=1S/C10H12F2N2S/c1-6-3-2-4-7(10(13)15)9(6)14-5-8(11)12/h2-4,8,14H,5H2,1H3,(H2,13,15). The van der Waals surface area contributed by atoms with Crippen molar-refractivity contribution < 1.29 is 8.78 Å². The van der Waals surface area contributed by atoms with E-state index in [1.165, 1.54) is 0 Å². The van der Waals surface area contributed by atoms with Gasteiger partial charge in [-0.05, 0) is 18.6 Å². The maximum atomic E-state index is 12.1. The number of anilines is 1. The molecule has 0 fully saturated rings. The first-order valence-corrected chi connectivity index (χ1v) is 4.84. The molecule has 0 spiro atoms. The minimum Gasteiger partial charge on any atom is -0.389 e. The molecule has 3 N–H and O–H groups in total. The fraction of sp³-hybridized carbons (Fsp3) is 0.300. The van der Waals surface area contributed by atoms with E-state index in [1.807, 2.05) is 13.0 Å². The van der Waals surface area contributed by atoms with Crippen molar-refractivity contribution in [1.29, 1.82) is 0 Å². The zero-order chi connectivity index (χ0) is 11.4. The lowest BCUT2D eigenvalue weighted by Crippen LogP contribution is -2.17. The van der Waals surface area contributed by atoms with Gasteiger partial charge < -0.3 is 11.1 Å². The van der Waals surface area contributed by atoms with Crippen LogP contribution < -0.4 is 11.1 Å². The first-order chi connectivity index (χ1) is 7.02. The molecule has 2 nitrogen and oxygen atoms in total. The summed E-state index contributed by atoms with van der Waals surface area (Å²) in [7, 11) is 0. The van der Waals surface area contributed by atoms with E-state index in [1.54, 1.807) is 12.1 Å². The molecular weight excluding hydrogens is 218 g/mol. The highest BCUT2D eigenvalue weighted by molar-refractivity contribution is 7.80. The molecule has 15 heavy (non-hydrogen) atoms. The van der Waals surface area contributed by atoms with Crippen LogP contribution in [-0.2, 0) is 0 Å². The Hall–Kier alpha value is -1.23. The Balaban J connectivity index is 2.97. The van der Waals surface area contributed by atoms with E-state index >= 15 is 0 Å². The van der Waals surface area contributed by atoms with Crippen LogP contribution in [0.25, 0.3) is 0 Å². The summed E-state index contributed by atoms with van der Waals surface area (Å²) in [4.78, 5) is 0.204. The van der Waals surface area contributed by atoms with Gasteiger partial charge in [0.25, 0.3) is 6.43 Å². The Kier molecular flexibility index (Phi) is 3.96. The fourth-order valence-corrected chi connectivity index (χ4v) is 1.46. The number of rotatable bonds is 4. The third-order valence-corrected chi connectivity index (χ3v) is 2.19. The number of benzene rings is 1. The number of thiocarbonyl (C=S) groups is 1. The fourth-order valence-electron chi connectivity index (χ4n) is 1.29. The Morgan fingerprint density at radius 3 is 2.73 bits per heavy atom. The number of aryl methyl sites for hydroxylation is 1. The molecule has 0 bridgehead atoms. The van der Waals surface area contributed by atoms with Gasteiger partial charge in [-0.2, -0.15) is 0 Å². The van der Waals surface area contributed by atoms with Gasteiger partial charge in [0.1, 0.15) is 4.99 Å². The zero-order valence-corrected chi connectivity index (χ0v) is 9.07. The van der Waals surface area contributed by atoms with Crippen LogP contribution in [0.15, 0.2) is 18.2 Å². The average molecular weight is 230 g/mol. The minimum absolute atomic E-state index is 0.204. The molecule has 0 aliphatic heterocycles. The largest absolute Gasteiger partial charge is 0.389 e. The number of alkyl halides is 2. The monoisotopic (exact) mass is 230 g/mol. The summed E-state index contributed by atoms with van der Waals surface area (Å²) >= 11 is 4.84. The van der Waals surface area contributed by atoms with E-state index in [2.05, 4.69) is 5.32 Å². The smallest absolute Gasteiger partial charge is 0.255 e. The van der Waals surface area contributed by atoms with Crippen molar-refractivity contribution in [3.8, 4) is 0 Å². The zero-order valence-electron chi connectivity index (χ0n) is 8.26. The van der Waals surface area contributed by atoms with Gasteiger partial charge in [0.05, 0.1) is 6.54 Å². The van der Waals surface area contributed by atoms with Gasteiger partial charge in [-0.25, -0.2) is 8.78 Å². The van der Waals surface area contributed by atoms with Crippen LogP contribution >= 0.6 is 12.2 Å². The third-order valence-electron chi connectivity index (χ3n) is 1.97. The number of hydrogen-bond acceptors (Lipinski definition) is 2. The highest BCUT2D eigenvalue weighted by Gasteiger charge is 2.09. The molecule has 0 amide bonds. The van der Waals surface area contributed by atoms with Gasteiger partial charge in [-0.1, -0.05) is 24.4 Å². The number of halogens is 2. The van der Waals surface area contributed by atoms with Crippen LogP contribution in [0, 0.1) is 6.92 Å². The minimum atomic E-state index is -2.40. The van der Waals surface area contributed by atoms with E-state index in [9.17, 15) is 8.78 Å². The molecule has 0 saturated carbocycles. The highest BCUT2D eigenvalue weighted by atomic mass is 32.1. The lowest BCUT2D eigenvalue weighted by molar-refractivity contribution is 0.163. The topological polar surface area (TPSA) is 38.0 Å². The molecule has 0 unspecified atom stereocenters. The second-order valence-corrected chi connectivity index (χ2v) is 3.57. The quantitative estimate of drug-likeness (QED) is 0.779. The van der Waals surface area contributed by atoms with Crippen molar-refractivity contribution in [2.45, 2.75) is 13.3 Å². The highest BCUT2D eigenvalue weighted by Crippen LogP contribution is 2.20. The summed E-state index contributed by atoms with van der Waals surface area (Å²) < 4.78 is 24.1. The molecule has 5 heteroatoms.